The van der Waals surface area contributed by atoms with Crippen molar-refractivity contribution in [2.24, 2.45) is 10.7 Å². The molecule has 0 spiro atoms. The lowest BCUT2D eigenvalue weighted by Gasteiger charge is -2.10. The van der Waals surface area contributed by atoms with Crippen LogP contribution in [-0.4, -0.2) is 23.2 Å². The van der Waals surface area contributed by atoms with Crippen molar-refractivity contribution in [3.63, 3.8) is 0 Å². The molecule has 0 atom stereocenters. The van der Waals surface area contributed by atoms with Gasteiger partial charge < -0.3 is 16.4 Å². The number of benzene rings is 1. The Balaban J connectivity index is 2.11. The molecular weight excluding hydrogens is 380 g/mol. The summed E-state index contributed by atoms with van der Waals surface area (Å²) in [5, 5.41) is 6.59. The fourth-order valence-electron chi connectivity index (χ4n) is 1.77. The molecule has 0 bridgehead atoms. The summed E-state index contributed by atoms with van der Waals surface area (Å²) >= 11 is 9.58. The second-order valence-corrected chi connectivity index (χ2v) is 5.83. The minimum Gasteiger partial charge on any atom is -0.403 e. The molecule has 0 fully saturated rings. The first-order valence-corrected chi connectivity index (χ1v) is 7.91. The molecule has 0 unspecified atom stereocenters. The van der Waals surface area contributed by atoms with E-state index in [1.54, 1.807) is 13.3 Å². The van der Waals surface area contributed by atoms with Crippen LogP contribution in [0.25, 0.3) is 0 Å². The lowest BCUT2D eigenvalue weighted by atomic mass is 10.2. The summed E-state index contributed by atoms with van der Waals surface area (Å²) in [6.07, 6.45) is 4.49. The summed E-state index contributed by atoms with van der Waals surface area (Å²) < 4.78 is 1.02. The average molecular weight is 396 g/mol. The zero-order valence-electron chi connectivity index (χ0n) is 12.4. The van der Waals surface area contributed by atoms with Crippen molar-refractivity contribution < 1.29 is 0 Å². The Hall–Kier alpha value is -2.12. The van der Waals surface area contributed by atoms with Crippen molar-refractivity contribution in [3.05, 3.63) is 57.4 Å². The van der Waals surface area contributed by atoms with E-state index in [9.17, 15) is 0 Å². The second-order valence-electron chi connectivity index (χ2n) is 4.51. The summed E-state index contributed by atoms with van der Waals surface area (Å²) in [5.41, 5.74) is 7.20. The highest BCUT2D eigenvalue weighted by Gasteiger charge is 2.06. The van der Waals surface area contributed by atoms with E-state index >= 15 is 0 Å². The zero-order chi connectivity index (χ0) is 16.7. The molecule has 0 amide bonds. The molecule has 120 valence electrons. The van der Waals surface area contributed by atoms with Crippen LogP contribution in [0.5, 0.6) is 0 Å². The van der Waals surface area contributed by atoms with Crippen molar-refractivity contribution in [2.45, 2.75) is 6.54 Å². The first-order chi connectivity index (χ1) is 11.1. The molecule has 23 heavy (non-hydrogen) atoms. The number of hydrogen-bond acceptors (Lipinski definition) is 6. The van der Waals surface area contributed by atoms with Crippen molar-refractivity contribution >= 4 is 45.5 Å². The zero-order valence-corrected chi connectivity index (χ0v) is 14.8. The van der Waals surface area contributed by atoms with E-state index in [0.29, 0.717) is 29.0 Å². The standard InChI is InChI=1S/C15H16BrClN6/c1-19-8-12(6-18)22-15-21-9-13(17)14(23-15)20-7-10-3-2-4-11(16)5-10/h2-6,8-9H,7,18H2,1H3,(H2,20,21,22,23)/b12-6+,19-8?. The van der Waals surface area contributed by atoms with Gasteiger partial charge in [0.25, 0.3) is 0 Å². The average Bonchev–Trinajstić information content (AvgIpc) is 2.55. The number of halogens is 2. The predicted molar refractivity (Wildman–Crippen MR) is 98.8 cm³/mol. The SMILES string of the molecule is CN=C/C(=C\N)Nc1ncc(Cl)c(NCc2cccc(Br)c2)n1. The van der Waals surface area contributed by atoms with E-state index < -0.39 is 0 Å². The number of nitrogens with zero attached hydrogens (tertiary/aromatic N) is 3. The van der Waals surface area contributed by atoms with Crippen LogP contribution < -0.4 is 16.4 Å². The first kappa shape index (κ1) is 17.2. The quantitative estimate of drug-likeness (QED) is 0.652. The van der Waals surface area contributed by atoms with Gasteiger partial charge in [-0.25, -0.2) is 4.98 Å². The van der Waals surface area contributed by atoms with Gasteiger partial charge >= 0.3 is 0 Å². The Morgan fingerprint density at radius 2 is 2.30 bits per heavy atom. The van der Waals surface area contributed by atoms with Crippen LogP contribution in [0.2, 0.25) is 5.02 Å². The molecule has 2 rings (SSSR count). The minimum absolute atomic E-state index is 0.378. The van der Waals surface area contributed by atoms with Gasteiger partial charge in [-0.2, -0.15) is 4.98 Å². The van der Waals surface area contributed by atoms with Crippen LogP contribution in [-0.2, 0) is 6.54 Å². The van der Waals surface area contributed by atoms with Crippen LogP contribution in [0.1, 0.15) is 5.56 Å². The van der Waals surface area contributed by atoms with Gasteiger partial charge in [0.2, 0.25) is 5.95 Å². The van der Waals surface area contributed by atoms with E-state index in [1.165, 1.54) is 12.4 Å². The smallest absolute Gasteiger partial charge is 0.229 e. The summed E-state index contributed by atoms with van der Waals surface area (Å²) in [7, 11) is 1.65. The normalized spacial score (nSPS) is 11.7. The highest BCUT2D eigenvalue weighted by Crippen LogP contribution is 2.21. The molecule has 0 saturated heterocycles. The third-order valence-electron chi connectivity index (χ3n) is 2.80. The number of allylic oxidation sites excluding steroid dienone is 1. The number of aliphatic imine (C=N–C) groups is 1. The number of nitrogens with one attached hydrogen (secondary N) is 2. The molecule has 6 nitrogen and oxygen atoms in total. The molecular formula is C15H16BrClN6. The minimum atomic E-state index is 0.378. The molecule has 8 heteroatoms. The largest absolute Gasteiger partial charge is 0.403 e. The van der Waals surface area contributed by atoms with E-state index in [0.717, 1.165) is 10.0 Å². The van der Waals surface area contributed by atoms with E-state index in [4.69, 9.17) is 17.3 Å². The molecule has 0 aliphatic carbocycles. The molecule has 0 radical (unpaired) electrons. The topological polar surface area (TPSA) is 88.2 Å². The lowest BCUT2D eigenvalue weighted by Crippen LogP contribution is -2.09. The Kier molecular flexibility index (Phi) is 6.37. The maximum atomic E-state index is 6.14. The van der Waals surface area contributed by atoms with Gasteiger partial charge in [0.1, 0.15) is 5.02 Å². The number of hydrogen-bond donors (Lipinski definition) is 3. The van der Waals surface area contributed by atoms with E-state index in [-0.39, 0.29) is 0 Å². The van der Waals surface area contributed by atoms with Crippen LogP contribution in [0, 0.1) is 0 Å². The van der Waals surface area contributed by atoms with Crippen molar-refractivity contribution in [1.82, 2.24) is 9.97 Å². The van der Waals surface area contributed by atoms with Gasteiger partial charge in [-0.05, 0) is 17.7 Å². The summed E-state index contributed by atoms with van der Waals surface area (Å²) in [4.78, 5) is 12.4. The number of aromatic nitrogens is 2. The highest BCUT2D eigenvalue weighted by molar-refractivity contribution is 9.10. The van der Waals surface area contributed by atoms with E-state index in [2.05, 4.69) is 41.5 Å². The Labute approximate surface area is 148 Å². The third kappa shape index (κ3) is 5.22. The lowest BCUT2D eigenvalue weighted by molar-refractivity contribution is 1.08. The number of rotatable bonds is 6. The van der Waals surface area contributed by atoms with Crippen molar-refractivity contribution in [1.29, 1.82) is 0 Å². The Bertz CT molecular complexity index is 732. The molecule has 0 saturated carbocycles. The van der Waals surface area contributed by atoms with Crippen molar-refractivity contribution in [2.75, 3.05) is 17.7 Å². The second kappa shape index (κ2) is 8.50. The first-order valence-electron chi connectivity index (χ1n) is 6.74. The molecule has 0 aliphatic rings. The van der Waals surface area contributed by atoms with Gasteiger partial charge in [-0.1, -0.05) is 39.7 Å². The van der Waals surface area contributed by atoms with Gasteiger partial charge in [-0.3, -0.25) is 4.99 Å². The fourth-order valence-corrected chi connectivity index (χ4v) is 2.37. The van der Waals surface area contributed by atoms with Crippen LogP contribution >= 0.6 is 27.5 Å². The van der Waals surface area contributed by atoms with Gasteiger partial charge in [0.15, 0.2) is 5.82 Å². The summed E-state index contributed by atoms with van der Waals surface area (Å²) in [5.74, 6) is 0.914. The number of anilines is 2. The Morgan fingerprint density at radius 3 is 3.00 bits per heavy atom. The van der Waals surface area contributed by atoms with E-state index in [1.807, 2.05) is 24.3 Å². The third-order valence-corrected chi connectivity index (χ3v) is 3.57. The predicted octanol–water partition coefficient (Wildman–Crippen LogP) is 3.42. The monoisotopic (exact) mass is 394 g/mol. The molecule has 0 aliphatic heterocycles. The van der Waals surface area contributed by atoms with Gasteiger partial charge in [0, 0.05) is 30.5 Å². The maximum Gasteiger partial charge on any atom is 0.229 e. The summed E-state index contributed by atoms with van der Waals surface area (Å²) in [6, 6.07) is 7.98. The van der Waals surface area contributed by atoms with Crippen LogP contribution in [0.3, 0.4) is 0 Å². The molecule has 2 aromatic rings. The Morgan fingerprint density at radius 1 is 1.48 bits per heavy atom. The van der Waals surface area contributed by atoms with Gasteiger partial charge in [0.05, 0.1) is 11.9 Å². The van der Waals surface area contributed by atoms with Gasteiger partial charge in [-0.15, -0.1) is 0 Å². The van der Waals surface area contributed by atoms with Crippen molar-refractivity contribution in [3.8, 4) is 0 Å². The highest BCUT2D eigenvalue weighted by atomic mass is 79.9. The summed E-state index contributed by atoms with van der Waals surface area (Å²) in [6.45, 7) is 0.589. The molecule has 4 N–H and O–H groups in total. The molecule has 1 aromatic carbocycles. The fraction of sp³-hybridized carbons (Fsp3) is 0.133. The molecule has 1 heterocycles. The van der Waals surface area contributed by atoms with Crippen LogP contribution in [0.15, 0.2) is 51.8 Å². The maximum absolute atomic E-state index is 6.14. The number of nitrogens with two attached hydrogens (primary N) is 1. The molecule has 1 aromatic heterocycles. The van der Waals surface area contributed by atoms with Crippen LogP contribution in [0.4, 0.5) is 11.8 Å².